The minimum Gasteiger partial charge on any atom is -0.493 e. The molecule has 0 aliphatic carbocycles. The number of rotatable bonds is 9. The van der Waals surface area contributed by atoms with Crippen molar-refractivity contribution >= 4 is 16.8 Å². The molecule has 31 heavy (non-hydrogen) atoms. The highest BCUT2D eigenvalue weighted by atomic mass is 16.5. The number of amides is 1. The zero-order chi connectivity index (χ0) is 22.4. The van der Waals surface area contributed by atoms with Crippen LogP contribution in [0.1, 0.15) is 55.1 Å². The van der Waals surface area contributed by atoms with Gasteiger partial charge in [-0.2, -0.15) is 0 Å². The van der Waals surface area contributed by atoms with Crippen LogP contribution in [0.2, 0.25) is 0 Å². The molecule has 0 aliphatic rings. The predicted molar refractivity (Wildman–Crippen MR) is 123 cm³/mol. The fraction of sp³-hybridized carbons (Fsp3) is 0.360. The van der Waals surface area contributed by atoms with E-state index < -0.39 is 0 Å². The smallest absolute Gasteiger partial charge is 0.252 e. The molecule has 0 aliphatic heterocycles. The maximum Gasteiger partial charge on any atom is 0.252 e. The molecule has 1 amide bonds. The molecule has 0 bridgehead atoms. The zero-order valence-corrected chi connectivity index (χ0v) is 18.6. The van der Waals surface area contributed by atoms with Gasteiger partial charge in [0.25, 0.3) is 11.5 Å². The van der Waals surface area contributed by atoms with Crippen LogP contribution in [0.25, 0.3) is 10.9 Å². The Hall–Kier alpha value is -3.28. The molecule has 0 saturated heterocycles. The number of hydrogen-bond donors (Lipinski definition) is 1. The summed E-state index contributed by atoms with van der Waals surface area (Å²) < 4.78 is 12.9. The largest absolute Gasteiger partial charge is 0.493 e. The van der Waals surface area contributed by atoms with Gasteiger partial charge in [-0.1, -0.05) is 44.0 Å². The van der Waals surface area contributed by atoms with Gasteiger partial charge in [-0.15, -0.1) is 0 Å². The Labute approximate surface area is 182 Å². The van der Waals surface area contributed by atoms with E-state index in [9.17, 15) is 9.59 Å². The van der Waals surface area contributed by atoms with Crippen molar-refractivity contribution in [2.75, 3.05) is 13.7 Å². The summed E-state index contributed by atoms with van der Waals surface area (Å²) >= 11 is 0. The van der Waals surface area contributed by atoms with Crippen molar-refractivity contribution in [3.63, 3.8) is 0 Å². The summed E-state index contributed by atoms with van der Waals surface area (Å²) in [5.74, 6) is 1.04. The second kappa shape index (κ2) is 10.2. The summed E-state index contributed by atoms with van der Waals surface area (Å²) in [7, 11) is 3.31. The van der Waals surface area contributed by atoms with Crippen LogP contribution in [0, 0.1) is 0 Å². The number of nitrogens with one attached hydrogen (secondary N) is 1. The quantitative estimate of drug-likeness (QED) is 0.512. The number of carbonyl (C=O) groups is 1. The number of hydrogen-bond acceptors (Lipinski definition) is 4. The van der Waals surface area contributed by atoms with Crippen molar-refractivity contribution < 1.29 is 14.3 Å². The molecular weight excluding hydrogens is 392 g/mol. The minimum atomic E-state index is -0.291. The summed E-state index contributed by atoms with van der Waals surface area (Å²) in [4.78, 5) is 25.3. The van der Waals surface area contributed by atoms with Crippen LogP contribution < -0.4 is 20.3 Å². The molecule has 1 N–H and O–H groups in total. The second-order valence-corrected chi connectivity index (χ2v) is 7.63. The Kier molecular flexibility index (Phi) is 7.34. The maximum absolute atomic E-state index is 13.0. The standard InChI is InChI=1S/C25H30N2O4/c1-5-6-9-14-31-22-13-12-18(15-23(22)30-4)17(2)26-25(29)20-16-24(28)27(3)21-11-8-7-10-19(20)21/h7-8,10-13,15-17H,5-6,9,14H2,1-4H3,(H,26,29). The van der Waals surface area contributed by atoms with Gasteiger partial charge in [0.15, 0.2) is 11.5 Å². The summed E-state index contributed by atoms with van der Waals surface area (Å²) in [5, 5.41) is 3.74. The lowest BCUT2D eigenvalue weighted by molar-refractivity contribution is 0.0941. The van der Waals surface area contributed by atoms with Crippen LogP contribution in [0.5, 0.6) is 11.5 Å². The molecule has 1 unspecified atom stereocenters. The van der Waals surface area contributed by atoms with Crippen molar-refractivity contribution in [1.29, 1.82) is 0 Å². The number of fused-ring (bicyclic) bond motifs is 1. The number of aryl methyl sites for hydroxylation is 1. The SMILES string of the molecule is CCCCCOc1ccc(C(C)NC(=O)c2cc(=O)n(C)c3ccccc23)cc1OC. The Morgan fingerprint density at radius 3 is 2.61 bits per heavy atom. The molecule has 0 radical (unpaired) electrons. The molecule has 6 nitrogen and oxygen atoms in total. The number of benzene rings is 2. The molecule has 2 aromatic carbocycles. The van der Waals surface area contributed by atoms with Gasteiger partial charge < -0.3 is 19.4 Å². The zero-order valence-electron chi connectivity index (χ0n) is 18.6. The highest BCUT2D eigenvalue weighted by molar-refractivity contribution is 6.06. The number of nitrogens with zero attached hydrogens (tertiary/aromatic N) is 1. The topological polar surface area (TPSA) is 69.6 Å². The molecular formula is C25H30N2O4. The molecule has 6 heteroatoms. The minimum absolute atomic E-state index is 0.220. The van der Waals surface area contributed by atoms with Crippen molar-refractivity contribution in [1.82, 2.24) is 9.88 Å². The molecule has 0 fully saturated rings. The van der Waals surface area contributed by atoms with Gasteiger partial charge in [0.2, 0.25) is 0 Å². The normalized spacial score (nSPS) is 11.9. The lowest BCUT2D eigenvalue weighted by Gasteiger charge is -2.18. The lowest BCUT2D eigenvalue weighted by atomic mass is 10.0. The van der Waals surface area contributed by atoms with Crippen molar-refractivity contribution in [2.24, 2.45) is 7.05 Å². The summed E-state index contributed by atoms with van der Waals surface area (Å²) in [5.41, 5.74) is 1.76. The molecule has 164 valence electrons. The van der Waals surface area contributed by atoms with E-state index in [-0.39, 0.29) is 17.5 Å². The van der Waals surface area contributed by atoms with E-state index in [1.54, 1.807) is 18.7 Å². The van der Waals surface area contributed by atoms with Crippen LogP contribution in [0.15, 0.2) is 53.3 Å². The monoisotopic (exact) mass is 422 g/mol. The fourth-order valence-electron chi connectivity index (χ4n) is 3.56. The van der Waals surface area contributed by atoms with E-state index in [2.05, 4.69) is 12.2 Å². The Bertz CT molecular complexity index is 1120. The summed E-state index contributed by atoms with van der Waals surface area (Å²) in [6.45, 7) is 4.70. The Balaban J connectivity index is 1.79. The first kappa shape index (κ1) is 22.4. The van der Waals surface area contributed by atoms with Gasteiger partial charge in [0, 0.05) is 18.5 Å². The highest BCUT2D eigenvalue weighted by Gasteiger charge is 2.17. The summed E-state index contributed by atoms with van der Waals surface area (Å²) in [6, 6.07) is 14.2. The number of unbranched alkanes of at least 4 members (excludes halogenated alkanes) is 2. The van der Waals surface area contributed by atoms with Gasteiger partial charge in [0.1, 0.15) is 0 Å². The lowest BCUT2D eigenvalue weighted by Crippen LogP contribution is -2.29. The molecule has 1 heterocycles. The number of aromatic nitrogens is 1. The first-order valence-electron chi connectivity index (χ1n) is 10.7. The fourth-order valence-corrected chi connectivity index (χ4v) is 3.56. The van der Waals surface area contributed by atoms with Gasteiger partial charge in [-0.25, -0.2) is 0 Å². The number of methoxy groups -OCH3 is 1. The van der Waals surface area contributed by atoms with Crippen molar-refractivity contribution in [3.05, 3.63) is 70.0 Å². The molecule has 0 saturated carbocycles. The average molecular weight is 423 g/mol. The molecule has 3 rings (SSSR count). The molecule has 1 aromatic heterocycles. The van der Waals surface area contributed by atoms with Gasteiger partial charge in [-0.05, 0) is 37.1 Å². The number of pyridine rings is 1. The van der Waals surface area contributed by atoms with Crippen LogP contribution in [-0.4, -0.2) is 24.2 Å². The average Bonchev–Trinajstić information content (AvgIpc) is 2.79. The third kappa shape index (κ3) is 5.08. The van der Waals surface area contributed by atoms with E-state index in [1.807, 2.05) is 49.4 Å². The van der Waals surface area contributed by atoms with E-state index in [4.69, 9.17) is 9.47 Å². The first-order valence-corrected chi connectivity index (χ1v) is 10.7. The second-order valence-electron chi connectivity index (χ2n) is 7.63. The van der Waals surface area contributed by atoms with Crippen LogP contribution >= 0.6 is 0 Å². The van der Waals surface area contributed by atoms with Crippen molar-refractivity contribution in [3.8, 4) is 11.5 Å². The van der Waals surface area contributed by atoms with E-state index >= 15 is 0 Å². The van der Waals surface area contributed by atoms with Gasteiger partial charge in [0.05, 0.1) is 30.8 Å². The Morgan fingerprint density at radius 2 is 1.87 bits per heavy atom. The highest BCUT2D eigenvalue weighted by Crippen LogP contribution is 2.30. The van der Waals surface area contributed by atoms with Crippen LogP contribution in [0.3, 0.4) is 0 Å². The maximum atomic E-state index is 13.0. The molecule has 3 aromatic rings. The van der Waals surface area contributed by atoms with Crippen molar-refractivity contribution in [2.45, 2.75) is 39.2 Å². The molecule has 1 atom stereocenters. The third-order valence-corrected chi connectivity index (χ3v) is 5.44. The molecule has 0 spiro atoms. The third-order valence-electron chi connectivity index (χ3n) is 5.44. The first-order chi connectivity index (χ1) is 15.0. The van der Waals surface area contributed by atoms with E-state index in [0.29, 0.717) is 23.7 Å². The van der Waals surface area contributed by atoms with Gasteiger partial charge in [-0.3, -0.25) is 9.59 Å². The van der Waals surface area contributed by atoms with Crippen LogP contribution in [0.4, 0.5) is 0 Å². The predicted octanol–water partition coefficient (Wildman–Crippen LogP) is 4.61. The van der Waals surface area contributed by atoms with E-state index in [1.165, 1.54) is 6.07 Å². The number of ether oxygens (including phenoxy) is 2. The number of carbonyl (C=O) groups excluding carboxylic acids is 1. The Morgan fingerprint density at radius 1 is 1.10 bits per heavy atom. The van der Waals surface area contributed by atoms with Gasteiger partial charge >= 0.3 is 0 Å². The number of para-hydroxylation sites is 1. The van der Waals surface area contributed by atoms with Crippen LogP contribution in [-0.2, 0) is 7.05 Å². The summed E-state index contributed by atoms with van der Waals surface area (Å²) in [6.07, 6.45) is 3.26. The van der Waals surface area contributed by atoms with E-state index in [0.717, 1.165) is 35.7 Å².